The summed E-state index contributed by atoms with van der Waals surface area (Å²) in [7, 11) is 0. The van der Waals surface area contributed by atoms with Gasteiger partial charge in [-0.05, 0) is 48.6 Å². The van der Waals surface area contributed by atoms with Crippen molar-refractivity contribution in [2.75, 3.05) is 39.4 Å². The predicted molar refractivity (Wildman–Crippen MR) is 131 cm³/mol. The molecule has 0 spiro atoms. The van der Waals surface area contributed by atoms with E-state index in [4.69, 9.17) is 26.5 Å². The smallest absolute Gasteiger partial charge is 0.335 e. The lowest BCUT2D eigenvalue weighted by Crippen LogP contribution is -2.42. The zero-order chi connectivity index (χ0) is 23.5. The third-order valence-corrected chi connectivity index (χ3v) is 6.65. The zero-order valence-electron chi connectivity index (χ0n) is 18.6. The Kier molecular flexibility index (Phi) is 6.57. The first-order chi connectivity index (χ1) is 16.6. The first-order valence-electron chi connectivity index (χ1n) is 11.3. The number of carbonyl (C=O) groups is 1. The number of aromatic carboxylic acids is 1. The first-order valence-corrected chi connectivity index (χ1v) is 11.7. The van der Waals surface area contributed by atoms with Gasteiger partial charge in [0, 0.05) is 37.9 Å². The van der Waals surface area contributed by atoms with Gasteiger partial charge in [-0.15, -0.1) is 0 Å². The van der Waals surface area contributed by atoms with Gasteiger partial charge < -0.3 is 24.5 Å². The van der Waals surface area contributed by atoms with Gasteiger partial charge in [0.25, 0.3) is 0 Å². The molecule has 2 atom stereocenters. The molecule has 0 unspecified atom stereocenters. The molecule has 176 valence electrons. The molecule has 3 aromatic rings. The van der Waals surface area contributed by atoms with E-state index in [9.17, 15) is 4.79 Å². The van der Waals surface area contributed by atoms with E-state index >= 15 is 0 Å². The van der Waals surface area contributed by atoms with Gasteiger partial charge in [-0.2, -0.15) is 0 Å². The van der Waals surface area contributed by atoms with E-state index in [-0.39, 0.29) is 17.6 Å². The van der Waals surface area contributed by atoms with Crippen molar-refractivity contribution in [1.82, 2.24) is 20.1 Å². The molecule has 2 aliphatic heterocycles. The van der Waals surface area contributed by atoms with Crippen molar-refractivity contribution in [2.24, 2.45) is 0 Å². The summed E-state index contributed by atoms with van der Waals surface area (Å²) in [6.07, 6.45) is 1.78. The van der Waals surface area contributed by atoms with Crippen molar-refractivity contribution >= 4 is 23.3 Å². The van der Waals surface area contributed by atoms with Crippen LogP contribution in [-0.2, 0) is 4.74 Å². The number of pyridine rings is 1. The molecule has 8 nitrogen and oxygen atoms in total. The molecule has 0 saturated carbocycles. The number of hydrogen-bond acceptors (Lipinski definition) is 6. The summed E-state index contributed by atoms with van der Waals surface area (Å²) in [6, 6.07) is 16.1. The molecule has 0 radical (unpaired) electrons. The number of benzene rings is 1. The van der Waals surface area contributed by atoms with Gasteiger partial charge in [0.1, 0.15) is 17.6 Å². The zero-order valence-corrected chi connectivity index (χ0v) is 19.4. The summed E-state index contributed by atoms with van der Waals surface area (Å²) in [5, 5.41) is 13.3. The van der Waals surface area contributed by atoms with Gasteiger partial charge in [0.05, 0.1) is 30.5 Å². The number of morpholine rings is 1. The summed E-state index contributed by atoms with van der Waals surface area (Å²) in [6.45, 7) is 4.97. The van der Waals surface area contributed by atoms with Crippen molar-refractivity contribution in [3.63, 3.8) is 0 Å². The Morgan fingerprint density at radius 2 is 1.88 bits per heavy atom. The van der Waals surface area contributed by atoms with Crippen LogP contribution >= 0.6 is 12.2 Å². The van der Waals surface area contributed by atoms with Crippen molar-refractivity contribution in [2.45, 2.75) is 12.1 Å². The number of carboxylic acids is 1. The molecule has 9 heteroatoms. The quantitative estimate of drug-likeness (QED) is 0.496. The van der Waals surface area contributed by atoms with Gasteiger partial charge in [-0.25, -0.2) is 4.79 Å². The SMILES string of the molecule is O=C(O)c1ccc(-c2ccc([C@@H]3[C@H](c4ccccn4)NC(=S)N3CCN3CCOCC3)o2)cc1. The molecular formula is C25H26N4O4S. The molecule has 2 aliphatic rings. The van der Waals surface area contributed by atoms with Crippen molar-refractivity contribution in [1.29, 1.82) is 0 Å². The second-order valence-electron chi connectivity index (χ2n) is 8.36. The van der Waals surface area contributed by atoms with Crippen LogP contribution in [0.3, 0.4) is 0 Å². The lowest BCUT2D eigenvalue weighted by molar-refractivity contribution is 0.0347. The fourth-order valence-electron chi connectivity index (χ4n) is 4.47. The highest BCUT2D eigenvalue weighted by Crippen LogP contribution is 2.40. The standard InChI is InChI=1S/C25H26N4O4S/c30-24(31)18-6-4-17(5-7-18)20-8-9-21(33-20)23-22(19-3-1-2-10-26-19)27-25(34)29(23)12-11-28-13-15-32-16-14-28/h1-10,22-23H,11-16H2,(H,27,34)(H,30,31)/t22-,23+/m0/s1. The number of furan rings is 1. The van der Waals surface area contributed by atoms with Crippen molar-refractivity contribution in [3.05, 3.63) is 77.8 Å². The molecule has 0 aliphatic carbocycles. The Morgan fingerprint density at radius 1 is 1.09 bits per heavy atom. The maximum atomic E-state index is 11.2. The average molecular weight is 479 g/mol. The van der Waals surface area contributed by atoms with Gasteiger partial charge >= 0.3 is 5.97 Å². The number of rotatable bonds is 7. The molecule has 4 heterocycles. The topological polar surface area (TPSA) is 91.1 Å². The van der Waals surface area contributed by atoms with Crippen molar-refractivity contribution in [3.8, 4) is 11.3 Å². The van der Waals surface area contributed by atoms with Crippen LogP contribution in [0.5, 0.6) is 0 Å². The van der Waals surface area contributed by atoms with Crippen LogP contribution in [0.1, 0.15) is 33.9 Å². The van der Waals surface area contributed by atoms with E-state index in [1.165, 1.54) is 0 Å². The predicted octanol–water partition coefficient (Wildman–Crippen LogP) is 3.34. The maximum Gasteiger partial charge on any atom is 0.335 e. The summed E-state index contributed by atoms with van der Waals surface area (Å²) in [5.74, 6) is 0.506. The fraction of sp³-hybridized carbons (Fsp3) is 0.320. The van der Waals surface area contributed by atoms with Crippen LogP contribution in [-0.4, -0.2) is 70.4 Å². The summed E-state index contributed by atoms with van der Waals surface area (Å²) >= 11 is 5.75. The molecule has 1 aromatic carbocycles. The highest BCUT2D eigenvalue weighted by atomic mass is 32.1. The molecule has 2 saturated heterocycles. The fourth-order valence-corrected chi connectivity index (χ4v) is 4.81. The second-order valence-corrected chi connectivity index (χ2v) is 8.75. The summed E-state index contributed by atoms with van der Waals surface area (Å²) in [5.41, 5.74) is 1.96. The van der Waals surface area contributed by atoms with E-state index in [1.807, 2.05) is 30.3 Å². The van der Waals surface area contributed by atoms with Gasteiger partial charge in [-0.3, -0.25) is 9.88 Å². The number of thiocarbonyl (C=S) groups is 1. The minimum absolute atomic E-state index is 0.147. The molecule has 2 N–H and O–H groups in total. The van der Waals surface area contributed by atoms with Crippen LogP contribution in [0.25, 0.3) is 11.3 Å². The molecule has 2 fully saturated rings. The lowest BCUT2D eigenvalue weighted by Gasteiger charge is -2.31. The van der Waals surface area contributed by atoms with Crippen LogP contribution in [0.4, 0.5) is 0 Å². The second kappa shape index (κ2) is 9.92. The highest BCUT2D eigenvalue weighted by molar-refractivity contribution is 7.80. The van der Waals surface area contributed by atoms with Gasteiger partial charge in [0.15, 0.2) is 5.11 Å². The highest BCUT2D eigenvalue weighted by Gasteiger charge is 2.41. The number of hydrogen-bond donors (Lipinski definition) is 2. The van der Waals surface area contributed by atoms with Gasteiger partial charge in [0.2, 0.25) is 0 Å². The number of nitrogens with one attached hydrogen (secondary N) is 1. The Morgan fingerprint density at radius 3 is 2.59 bits per heavy atom. The Bertz CT molecular complexity index is 1150. The van der Waals surface area contributed by atoms with Crippen LogP contribution in [0, 0.1) is 0 Å². The number of ether oxygens (including phenoxy) is 1. The van der Waals surface area contributed by atoms with E-state index in [2.05, 4.69) is 20.1 Å². The Labute approximate surface area is 203 Å². The Balaban J connectivity index is 1.43. The first kappa shape index (κ1) is 22.5. The molecular weight excluding hydrogens is 452 g/mol. The summed E-state index contributed by atoms with van der Waals surface area (Å²) in [4.78, 5) is 20.3. The number of nitrogens with zero attached hydrogens (tertiary/aromatic N) is 3. The Hall–Kier alpha value is -3.27. The van der Waals surface area contributed by atoms with Crippen LogP contribution in [0.15, 0.2) is 65.2 Å². The van der Waals surface area contributed by atoms with Crippen LogP contribution in [0.2, 0.25) is 0 Å². The van der Waals surface area contributed by atoms with Crippen LogP contribution < -0.4 is 5.32 Å². The third kappa shape index (κ3) is 4.68. The molecule has 5 rings (SSSR count). The number of carboxylic acid groups (broad SMARTS) is 1. The minimum atomic E-state index is -0.952. The van der Waals surface area contributed by atoms with Gasteiger partial charge in [-0.1, -0.05) is 18.2 Å². The largest absolute Gasteiger partial charge is 0.478 e. The van der Waals surface area contributed by atoms with E-state index in [0.29, 0.717) is 10.9 Å². The minimum Gasteiger partial charge on any atom is -0.478 e. The average Bonchev–Trinajstić information content (AvgIpc) is 3.48. The number of aromatic nitrogens is 1. The van der Waals surface area contributed by atoms with E-state index in [1.54, 1.807) is 30.5 Å². The summed E-state index contributed by atoms with van der Waals surface area (Å²) < 4.78 is 11.8. The maximum absolute atomic E-state index is 11.2. The molecule has 0 bridgehead atoms. The lowest BCUT2D eigenvalue weighted by atomic mass is 10.0. The third-order valence-electron chi connectivity index (χ3n) is 6.29. The van der Waals surface area contributed by atoms with Crippen molar-refractivity contribution < 1.29 is 19.1 Å². The molecule has 34 heavy (non-hydrogen) atoms. The van der Waals surface area contributed by atoms with E-state index in [0.717, 1.165) is 56.4 Å². The van der Waals surface area contributed by atoms with E-state index < -0.39 is 5.97 Å². The monoisotopic (exact) mass is 478 g/mol. The normalized spacial score (nSPS) is 20.9. The molecule has 0 amide bonds. The molecule has 2 aromatic heterocycles.